The molecule has 0 radical (unpaired) electrons. The summed E-state index contributed by atoms with van der Waals surface area (Å²) >= 11 is 0. The van der Waals surface area contributed by atoms with Crippen LogP contribution in [0.15, 0.2) is 29.1 Å². The molecule has 0 saturated carbocycles. The second kappa shape index (κ2) is 8.49. The van der Waals surface area contributed by atoms with Crippen LogP contribution in [0.1, 0.15) is 51.4 Å². The lowest BCUT2D eigenvalue weighted by atomic mass is 10.1. The van der Waals surface area contributed by atoms with Crippen LogP contribution in [0.25, 0.3) is 0 Å². The fourth-order valence-corrected chi connectivity index (χ4v) is 2.42. The van der Waals surface area contributed by atoms with Gasteiger partial charge in [0.15, 0.2) is 5.71 Å². The van der Waals surface area contributed by atoms with Gasteiger partial charge in [0, 0.05) is 6.42 Å². The van der Waals surface area contributed by atoms with Crippen molar-refractivity contribution in [1.29, 1.82) is 0 Å². The lowest BCUT2D eigenvalue weighted by molar-refractivity contribution is -0.129. The van der Waals surface area contributed by atoms with Crippen LogP contribution < -0.4 is 0 Å². The van der Waals surface area contributed by atoms with Crippen molar-refractivity contribution in [3.8, 4) is 0 Å². The Morgan fingerprint density at radius 2 is 2.19 bits per heavy atom. The summed E-state index contributed by atoms with van der Waals surface area (Å²) in [5, 5.41) is 12.4. The number of hydrogen-bond donors (Lipinski definition) is 1. The summed E-state index contributed by atoms with van der Waals surface area (Å²) in [7, 11) is 0. The minimum Gasteiger partial charge on any atom is -0.494 e. The van der Waals surface area contributed by atoms with E-state index in [9.17, 15) is 4.79 Å². The fraction of sp³-hybridized carbons (Fsp3) is 0.625. The van der Waals surface area contributed by atoms with Crippen molar-refractivity contribution >= 4 is 11.7 Å². The molecule has 2 aliphatic rings. The summed E-state index contributed by atoms with van der Waals surface area (Å²) in [6.45, 7) is 0.766. The van der Waals surface area contributed by atoms with Crippen LogP contribution in [-0.2, 0) is 14.4 Å². The number of aliphatic carboxylic acids is 1. The second-order valence-electron chi connectivity index (χ2n) is 5.41. The van der Waals surface area contributed by atoms with Gasteiger partial charge in [0.1, 0.15) is 11.9 Å². The maximum absolute atomic E-state index is 10.7. The van der Waals surface area contributed by atoms with Gasteiger partial charge in [-0.2, -0.15) is 0 Å². The van der Waals surface area contributed by atoms with Crippen LogP contribution in [0.3, 0.4) is 0 Å². The fourth-order valence-electron chi connectivity index (χ4n) is 2.42. The number of carboxylic acids is 1. The molecular weight excluding hydrogens is 270 g/mol. The summed E-state index contributed by atoms with van der Waals surface area (Å²) in [5.41, 5.74) is 0.141. The van der Waals surface area contributed by atoms with Gasteiger partial charge in [-0.1, -0.05) is 24.1 Å². The zero-order valence-corrected chi connectivity index (χ0v) is 12.3. The van der Waals surface area contributed by atoms with Crippen LogP contribution in [0.2, 0.25) is 0 Å². The molecule has 0 bridgehead atoms. The molecule has 0 spiro atoms. The molecule has 1 aliphatic heterocycles. The average Bonchev–Trinajstić information content (AvgIpc) is 2.96. The summed E-state index contributed by atoms with van der Waals surface area (Å²) < 4.78 is 5.67. The molecule has 0 fully saturated rings. The molecule has 5 nitrogen and oxygen atoms in total. The quantitative estimate of drug-likeness (QED) is 0.661. The Morgan fingerprint density at radius 3 is 2.90 bits per heavy atom. The van der Waals surface area contributed by atoms with E-state index < -0.39 is 5.97 Å². The number of ether oxygens (including phenoxy) is 1. The van der Waals surface area contributed by atoms with E-state index in [1.165, 1.54) is 0 Å². The first-order valence-electron chi connectivity index (χ1n) is 7.71. The molecule has 0 saturated heterocycles. The minimum atomic E-state index is -0.972. The average molecular weight is 293 g/mol. The molecule has 1 heterocycles. The number of carboxylic acid groups (broad SMARTS) is 1. The molecule has 1 unspecified atom stereocenters. The first-order valence-corrected chi connectivity index (χ1v) is 7.71. The van der Waals surface area contributed by atoms with E-state index in [2.05, 4.69) is 17.3 Å². The highest BCUT2D eigenvalue weighted by atomic mass is 16.6. The van der Waals surface area contributed by atoms with Crippen LogP contribution in [0.5, 0.6) is 0 Å². The summed E-state index contributed by atoms with van der Waals surface area (Å²) in [4.78, 5) is 15.8. The van der Waals surface area contributed by atoms with Gasteiger partial charge in [0.05, 0.1) is 6.61 Å². The molecule has 2 rings (SSSR count). The molecule has 21 heavy (non-hydrogen) atoms. The van der Waals surface area contributed by atoms with Crippen molar-refractivity contribution in [3.05, 3.63) is 24.0 Å². The van der Waals surface area contributed by atoms with Crippen molar-refractivity contribution < 1.29 is 19.5 Å². The molecule has 1 N–H and O–H groups in total. The zero-order chi connectivity index (χ0) is 14.9. The molecule has 0 amide bonds. The SMILES string of the molecule is O=C(O)C1=NOC(CCCCCCOC2=CCCC=C2)C1. The normalized spacial score (nSPS) is 20.7. The van der Waals surface area contributed by atoms with Gasteiger partial charge in [-0.05, 0) is 44.3 Å². The van der Waals surface area contributed by atoms with Gasteiger partial charge in [-0.3, -0.25) is 0 Å². The van der Waals surface area contributed by atoms with Crippen molar-refractivity contribution in [2.45, 2.75) is 57.5 Å². The third kappa shape index (κ3) is 5.61. The molecule has 1 atom stereocenters. The van der Waals surface area contributed by atoms with Crippen LogP contribution in [0.4, 0.5) is 0 Å². The first kappa shape index (κ1) is 15.6. The molecule has 116 valence electrons. The second-order valence-corrected chi connectivity index (χ2v) is 5.41. The van der Waals surface area contributed by atoms with E-state index in [0.717, 1.165) is 57.3 Å². The number of allylic oxidation sites excluding steroid dienone is 3. The van der Waals surface area contributed by atoms with Crippen molar-refractivity contribution in [3.63, 3.8) is 0 Å². The predicted octanol–water partition coefficient (Wildman–Crippen LogP) is 3.42. The number of carbonyl (C=O) groups is 1. The number of hydrogen-bond acceptors (Lipinski definition) is 4. The Labute approximate surface area is 125 Å². The Morgan fingerprint density at radius 1 is 1.33 bits per heavy atom. The Hall–Kier alpha value is -1.78. The van der Waals surface area contributed by atoms with E-state index in [4.69, 9.17) is 14.7 Å². The zero-order valence-electron chi connectivity index (χ0n) is 12.3. The predicted molar refractivity (Wildman–Crippen MR) is 80.1 cm³/mol. The maximum atomic E-state index is 10.7. The third-order valence-corrected chi connectivity index (χ3v) is 3.63. The molecular formula is C16H23NO4. The van der Waals surface area contributed by atoms with Gasteiger partial charge < -0.3 is 14.7 Å². The first-order chi connectivity index (χ1) is 10.3. The lowest BCUT2D eigenvalue weighted by Gasteiger charge is -2.10. The summed E-state index contributed by atoms with van der Waals surface area (Å²) in [6.07, 6.45) is 14.1. The topological polar surface area (TPSA) is 68.1 Å². The van der Waals surface area contributed by atoms with Gasteiger partial charge in [0.2, 0.25) is 0 Å². The van der Waals surface area contributed by atoms with E-state index in [0.29, 0.717) is 6.42 Å². The van der Waals surface area contributed by atoms with Crippen molar-refractivity contribution in [2.24, 2.45) is 5.16 Å². The molecule has 0 aromatic heterocycles. The van der Waals surface area contributed by atoms with Crippen LogP contribution in [-0.4, -0.2) is 29.5 Å². The highest BCUT2D eigenvalue weighted by Crippen LogP contribution is 2.18. The Balaban J connectivity index is 1.43. The largest absolute Gasteiger partial charge is 0.494 e. The smallest absolute Gasteiger partial charge is 0.353 e. The molecule has 0 aromatic rings. The lowest BCUT2D eigenvalue weighted by Crippen LogP contribution is -2.14. The van der Waals surface area contributed by atoms with E-state index >= 15 is 0 Å². The van der Waals surface area contributed by atoms with E-state index in [1.54, 1.807) is 0 Å². The highest BCUT2D eigenvalue weighted by Gasteiger charge is 2.24. The van der Waals surface area contributed by atoms with Gasteiger partial charge >= 0.3 is 5.97 Å². The van der Waals surface area contributed by atoms with Crippen LogP contribution >= 0.6 is 0 Å². The van der Waals surface area contributed by atoms with Gasteiger partial charge in [0.25, 0.3) is 0 Å². The summed E-state index contributed by atoms with van der Waals surface area (Å²) in [5.74, 6) is 0.0275. The number of rotatable bonds is 9. The van der Waals surface area contributed by atoms with Crippen molar-refractivity contribution in [2.75, 3.05) is 6.61 Å². The third-order valence-electron chi connectivity index (χ3n) is 3.63. The highest BCUT2D eigenvalue weighted by molar-refractivity contribution is 6.35. The maximum Gasteiger partial charge on any atom is 0.353 e. The molecule has 5 heteroatoms. The monoisotopic (exact) mass is 293 g/mol. The Bertz CT molecular complexity index is 440. The number of oxime groups is 1. The van der Waals surface area contributed by atoms with Crippen LogP contribution in [0, 0.1) is 0 Å². The number of nitrogens with zero attached hydrogens (tertiary/aromatic N) is 1. The molecule has 0 aromatic carbocycles. The van der Waals surface area contributed by atoms with Gasteiger partial charge in [-0.25, -0.2) is 4.79 Å². The van der Waals surface area contributed by atoms with E-state index in [-0.39, 0.29) is 11.8 Å². The molecule has 1 aliphatic carbocycles. The van der Waals surface area contributed by atoms with Crippen molar-refractivity contribution in [1.82, 2.24) is 0 Å². The Kier molecular flexibility index (Phi) is 6.31. The minimum absolute atomic E-state index is 0.0510. The summed E-state index contributed by atoms with van der Waals surface area (Å²) in [6, 6.07) is 0. The van der Waals surface area contributed by atoms with Gasteiger partial charge in [-0.15, -0.1) is 0 Å². The number of unbranched alkanes of at least 4 members (excludes halogenated alkanes) is 3. The standard InChI is InChI=1S/C16H23NO4/c18-16(19)15-12-14(21-17-15)10-4-1-2-7-11-20-13-8-5-3-6-9-13/h5,8-9,14H,1-4,6-7,10-12H2,(H,18,19). The van der Waals surface area contributed by atoms with E-state index in [1.807, 2.05) is 6.08 Å².